The Morgan fingerprint density at radius 1 is 0.310 bits per heavy atom. The summed E-state index contributed by atoms with van der Waals surface area (Å²) in [5.41, 5.74) is 2.84. The molecule has 662 valence electrons. The maximum Gasteiger partial charge on any atom is 0.341 e. The summed E-state index contributed by atoms with van der Waals surface area (Å²) in [5.74, 6) is -6.36. The van der Waals surface area contributed by atoms with E-state index in [0.29, 0.717) is 91.1 Å². The maximum atomic E-state index is 13.6. The third-order valence-corrected chi connectivity index (χ3v) is 24.0. The van der Waals surface area contributed by atoms with Gasteiger partial charge in [-0.2, -0.15) is 0 Å². The van der Waals surface area contributed by atoms with Gasteiger partial charge in [-0.1, -0.05) is 212 Å². The maximum absolute atomic E-state index is 13.6. The van der Waals surface area contributed by atoms with Crippen molar-refractivity contribution in [3.8, 4) is 23.0 Å². The van der Waals surface area contributed by atoms with Crippen molar-refractivity contribution in [1.29, 1.82) is 0 Å². The first-order valence-corrected chi connectivity index (χ1v) is 42.8. The average Bonchev–Trinajstić information content (AvgIpc) is 0.750. The normalized spacial score (nSPS) is 19.8. The van der Waals surface area contributed by atoms with Gasteiger partial charge in [0, 0.05) is 51.0 Å². The highest BCUT2D eigenvalue weighted by molar-refractivity contribution is 6.02. The van der Waals surface area contributed by atoms with Crippen LogP contribution in [0.3, 0.4) is 0 Å². The summed E-state index contributed by atoms with van der Waals surface area (Å²) >= 11 is 0. The largest absolute Gasteiger partial charge is 0.503 e. The van der Waals surface area contributed by atoms with Crippen LogP contribution in [0.4, 0.5) is 0 Å². The van der Waals surface area contributed by atoms with Crippen molar-refractivity contribution in [1.82, 2.24) is 37.9 Å². The first-order chi connectivity index (χ1) is 62.6. The van der Waals surface area contributed by atoms with Crippen molar-refractivity contribution in [3.05, 3.63) is 362 Å². The number of Topliss-reactive ketones (excluding diaryl/α,β-unsaturated/α-hetero) is 2. The first-order valence-electron chi connectivity index (χ1n) is 42.8. The standard InChI is InChI=1S/2C27H26N2O5.C26H24N2O6.C19H18N2O6/c2*1-18(30)21-16-29-22(15-19-9-4-2-5-10-19)27-28(13-8-14-33-27)26(32)23(29)25(24(21)31)34-17-20-11-6-3-7-12-20;29-22-19(26(31)32)15-28-20(14-17-8-3-1-4-9-17)25-27(12-7-13-33-25)24(30)21(28)23(22)34-16-18-10-5-2-6-11-18;22-15-12(19(25)26)10-21-13(9-11-5-2-1-3-6-11)18-20(7-4-8-27-18)17(24)14(21)16(15)23/h2*2-7,9-12,16,22,27H,8,13-15,17H2,1H3;1-6,8-11,15,20,25H,7,12-14,16H2,(H,31,32);1-3,5-6,10,13,18,23H,4,7-9H2,(H,25,26)/t22-,27+;22-,27-;20-,25-;13-,18-/m0000/s1. The van der Waals surface area contributed by atoms with Crippen molar-refractivity contribution in [2.75, 3.05) is 52.6 Å². The number of aromatic nitrogens is 4. The SMILES string of the molecule is CC(=O)c1cn2c(c(OCc3ccccc3)c1=O)C(=O)N1CCCO[C@@H]1[C@@H]2Cc1ccccc1.CC(=O)c1cn2c(c(OCc3ccccc3)c1=O)C(=O)N1CCCO[C@H]1[C@@H]2Cc1ccccc1.O=C(O)c1cn2c(c(O)c1=O)C(=O)N1CCCO[C@H]1[C@@H]2Cc1ccccc1.O=C(O)c1cn2c(c(OCc3ccccc3)c1=O)C(=O)N1CCCO[C@H]1[C@@H]2Cc1ccccc1. The van der Waals surface area contributed by atoms with Crippen LogP contribution in [0.2, 0.25) is 0 Å². The van der Waals surface area contributed by atoms with Gasteiger partial charge in [-0.05, 0) is 104 Å². The van der Waals surface area contributed by atoms with Gasteiger partial charge in [-0.25, -0.2) is 9.59 Å². The Labute approximate surface area is 739 Å². The van der Waals surface area contributed by atoms with Crippen LogP contribution in [-0.4, -0.2) is 178 Å². The minimum absolute atomic E-state index is 0.00179. The molecule has 8 atom stereocenters. The van der Waals surface area contributed by atoms with E-state index in [1.165, 1.54) is 41.9 Å². The quantitative estimate of drug-likeness (QED) is 0.0562. The fraction of sp³-hybridized carbons (Fsp3) is 0.293. The Balaban J connectivity index is 0.000000127. The smallest absolute Gasteiger partial charge is 0.341 e. The summed E-state index contributed by atoms with van der Waals surface area (Å²) in [6.07, 6.45) is 8.12. The Bertz CT molecular complexity index is 5820. The summed E-state index contributed by atoms with van der Waals surface area (Å²) in [6, 6.07) is 65.5. The fourth-order valence-electron chi connectivity index (χ4n) is 17.8. The van der Waals surface area contributed by atoms with Crippen LogP contribution in [-0.2, 0) is 64.5 Å². The number of carboxylic acids is 2. The highest BCUT2D eigenvalue weighted by Gasteiger charge is 2.50. The van der Waals surface area contributed by atoms with Gasteiger partial charge in [-0.15, -0.1) is 0 Å². The molecule has 4 amide bonds. The van der Waals surface area contributed by atoms with Crippen molar-refractivity contribution in [2.24, 2.45) is 0 Å². The lowest BCUT2D eigenvalue weighted by Gasteiger charge is -2.45. The zero-order valence-electron chi connectivity index (χ0n) is 70.7. The number of ketones is 2. The molecule has 30 heteroatoms. The Hall–Kier alpha value is -14.5. The molecule has 7 aromatic carbocycles. The van der Waals surface area contributed by atoms with Gasteiger partial charge in [0.15, 0.2) is 82.3 Å². The van der Waals surface area contributed by atoms with Gasteiger partial charge in [0.25, 0.3) is 23.6 Å². The summed E-state index contributed by atoms with van der Waals surface area (Å²) in [6.45, 7) is 7.04. The van der Waals surface area contributed by atoms with E-state index in [1.807, 2.05) is 212 Å². The molecule has 0 aliphatic carbocycles. The number of benzene rings is 7. The Kier molecular flexibility index (Phi) is 26.7. The molecule has 129 heavy (non-hydrogen) atoms. The number of fused-ring (bicyclic) bond motifs is 8. The number of nitrogens with zero attached hydrogens (tertiary/aromatic N) is 8. The highest BCUT2D eigenvalue weighted by Crippen LogP contribution is 2.42. The second kappa shape index (κ2) is 39.2. The molecule has 0 radical (unpaired) electrons. The molecule has 30 nitrogen and oxygen atoms in total. The van der Waals surface area contributed by atoms with E-state index in [4.69, 9.17) is 33.2 Å². The number of ether oxygens (including phenoxy) is 7. The minimum atomic E-state index is -1.46. The summed E-state index contributed by atoms with van der Waals surface area (Å²) in [5, 5.41) is 29.4. The first kappa shape index (κ1) is 88.0. The number of carboxylic acid groups (broad SMARTS) is 2. The van der Waals surface area contributed by atoms with Gasteiger partial charge >= 0.3 is 11.9 Å². The van der Waals surface area contributed by atoms with E-state index in [1.54, 1.807) is 28.4 Å². The van der Waals surface area contributed by atoms with Gasteiger partial charge < -0.3 is 86.3 Å². The Morgan fingerprint density at radius 2 is 0.527 bits per heavy atom. The lowest BCUT2D eigenvalue weighted by molar-refractivity contribution is -0.111. The molecule has 11 aromatic rings. The molecule has 4 aromatic heterocycles. The van der Waals surface area contributed by atoms with E-state index in [-0.39, 0.29) is 106 Å². The summed E-state index contributed by atoms with van der Waals surface area (Å²) < 4.78 is 48.3. The lowest BCUT2D eigenvalue weighted by atomic mass is 9.98. The van der Waals surface area contributed by atoms with E-state index in [9.17, 15) is 72.9 Å². The number of amides is 4. The zero-order chi connectivity index (χ0) is 90.1. The summed E-state index contributed by atoms with van der Waals surface area (Å²) in [7, 11) is 0. The molecule has 0 saturated carbocycles. The van der Waals surface area contributed by atoms with Crippen LogP contribution in [0.1, 0.15) is 186 Å². The summed E-state index contributed by atoms with van der Waals surface area (Å²) in [4.78, 5) is 160. The molecule has 3 N–H and O–H groups in total. The molecule has 12 heterocycles. The van der Waals surface area contributed by atoms with Crippen molar-refractivity contribution < 1.29 is 86.8 Å². The molecule has 0 unspecified atom stereocenters. The average molecular weight is 1750 g/mol. The monoisotopic (exact) mass is 1750 g/mol. The highest BCUT2D eigenvalue weighted by atomic mass is 16.5. The molecular formula is C99H94N8O22. The van der Waals surface area contributed by atoms with Crippen LogP contribution < -0.4 is 35.9 Å². The van der Waals surface area contributed by atoms with Crippen LogP contribution in [0.25, 0.3) is 0 Å². The molecule has 4 fully saturated rings. The number of aromatic carboxylic acids is 2. The number of carbonyl (C=O) groups excluding carboxylic acids is 6. The zero-order valence-corrected chi connectivity index (χ0v) is 70.7. The number of aromatic hydroxyl groups is 1. The topological polar surface area (TPSA) is 363 Å². The van der Waals surface area contributed by atoms with E-state index >= 15 is 0 Å². The second-order valence-electron chi connectivity index (χ2n) is 32.4. The molecular weight excluding hydrogens is 1650 g/mol. The third kappa shape index (κ3) is 18.5. The predicted octanol–water partition coefficient (Wildman–Crippen LogP) is 11.6. The van der Waals surface area contributed by atoms with Gasteiger partial charge in [0.1, 0.15) is 30.9 Å². The van der Waals surface area contributed by atoms with Gasteiger partial charge in [0.2, 0.25) is 21.7 Å². The van der Waals surface area contributed by atoms with Crippen LogP contribution in [0, 0.1) is 0 Å². The second-order valence-corrected chi connectivity index (χ2v) is 32.4. The number of carbonyl (C=O) groups is 8. The van der Waals surface area contributed by atoms with Crippen molar-refractivity contribution in [2.45, 2.75) is 134 Å². The minimum Gasteiger partial charge on any atom is -0.503 e. The lowest BCUT2D eigenvalue weighted by Crippen LogP contribution is -2.56. The van der Waals surface area contributed by atoms with Crippen LogP contribution >= 0.6 is 0 Å². The number of hydrogen-bond donors (Lipinski definition) is 3. The van der Waals surface area contributed by atoms with E-state index in [0.717, 1.165) is 58.0 Å². The molecule has 19 rings (SSSR count). The van der Waals surface area contributed by atoms with Crippen molar-refractivity contribution >= 4 is 47.1 Å². The molecule has 0 spiro atoms. The predicted molar refractivity (Wildman–Crippen MR) is 469 cm³/mol. The van der Waals surface area contributed by atoms with Crippen LogP contribution in [0.5, 0.6) is 23.0 Å². The van der Waals surface area contributed by atoms with E-state index < -0.39 is 99.3 Å². The molecule has 4 saturated heterocycles. The number of rotatable bonds is 21. The molecule has 0 bridgehead atoms. The van der Waals surface area contributed by atoms with Gasteiger partial charge in [-0.3, -0.25) is 47.9 Å². The number of pyridine rings is 4. The third-order valence-electron chi connectivity index (χ3n) is 24.0. The molecule has 8 aliphatic heterocycles. The number of hydrogen-bond acceptors (Lipinski definition) is 20. The molecule has 8 aliphatic rings. The Morgan fingerprint density at radius 3 is 0.775 bits per heavy atom. The van der Waals surface area contributed by atoms with Crippen LogP contribution in [0.15, 0.2) is 256 Å². The van der Waals surface area contributed by atoms with Gasteiger partial charge in [0.05, 0.1) is 61.7 Å². The van der Waals surface area contributed by atoms with E-state index in [2.05, 4.69) is 0 Å². The van der Waals surface area contributed by atoms with Crippen molar-refractivity contribution in [3.63, 3.8) is 0 Å². The fourth-order valence-corrected chi connectivity index (χ4v) is 17.8.